The van der Waals surface area contributed by atoms with Crippen molar-refractivity contribution in [2.45, 2.75) is 472 Å². The molecule has 22 aliphatic rings. The van der Waals surface area contributed by atoms with Gasteiger partial charge in [-0.25, -0.2) is 0 Å². The van der Waals surface area contributed by atoms with Gasteiger partial charge in [0.1, 0.15) is 16.8 Å². The molecule has 0 N–H and O–H groups in total. The summed E-state index contributed by atoms with van der Waals surface area (Å²) in [5.74, 6) is 13.3. The fourth-order valence-electron chi connectivity index (χ4n) is 27.1. The lowest BCUT2D eigenvalue weighted by Gasteiger charge is -2.56. The van der Waals surface area contributed by atoms with E-state index in [0.29, 0.717) is 51.5 Å². The summed E-state index contributed by atoms with van der Waals surface area (Å²) in [7, 11) is 0. The van der Waals surface area contributed by atoms with Gasteiger partial charge in [-0.2, -0.15) is 0 Å². The van der Waals surface area contributed by atoms with Crippen molar-refractivity contribution in [2.24, 2.45) is 88.3 Å². The highest BCUT2D eigenvalue weighted by Crippen LogP contribution is 2.60. The average Bonchev–Trinajstić information content (AvgIpc) is 1.56. The van der Waals surface area contributed by atoms with Crippen LogP contribution >= 0.6 is 0 Å². The molecule has 22 rings (SSSR count). The van der Waals surface area contributed by atoms with Crippen LogP contribution in [0.3, 0.4) is 0 Å². The molecule has 9 spiro atoms. The Morgan fingerprint density at radius 3 is 0.830 bits per heavy atom. The summed E-state index contributed by atoms with van der Waals surface area (Å²) in [4.78, 5) is 12.5. The summed E-state index contributed by atoms with van der Waals surface area (Å²) in [5.41, 5.74) is 2.70. The predicted molar refractivity (Wildman–Crippen MR) is 553 cm³/mol. The standard InChI is InChI=1S/3C12H22O.2C11H21NO2.C11H21NO.C11H20O2.C10H19NO2.C9H16O.C8H15NO.C7H12.C2H6/c3*1-10(2)11-4-7-12(8-5-11)6-3-9-13-12;2*1-10(2,3)12-5-7-14-11(8-12)4-6-13-9-11;1-10(2)12-7-5-11(6-8-12)4-3-9-13-11;1-9(2)10-3-5-11(6-4-10)12-7-8-13-11;1-9(2)11-4-6-13-10(7-11)3-5-12-8-10;1-9(2,3)8-6-4-10-5-7(6)8;1-7(2)9-5-8(6-9)3-4-10-8;1-5-6-3-2-4-7(5)6;1-2/h3*10-11H,3-9H2,1-2H3;2*4-9H2,1-3H3;10H,3-9H2,1-2H3;9-10H,3-8H2,1-2H3;9H,3-8H2,1-2H3;6-8H,4-5H2,1-3H3;7H,3-6H2,1-2H3;5-7H,2-4H2,1H3;1-2H3/t;;;11-;;;;10-;;;5?,6-,7+;/m...1...0..../s1. The summed E-state index contributed by atoms with van der Waals surface area (Å²) in [6, 6.07) is 2.04. The monoisotopic (exact) mass is 1900 g/mol. The predicted octanol–water partition coefficient (Wildman–Crippen LogP) is 24.1. The molecule has 0 radical (unpaired) electrons. The minimum Gasteiger partial charge on any atom is -0.381 e. The molecule has 0 aromatic heterocycles. The highest BCUT2D eigenvalue weighted by Gasteiger charge is 2.59. The number of piperidine rings is 1. The van der Waals surface area contributed by atoms with E-state index in [1.54, 1.807) is 12.8 Å². The minimum absolute atomic E-state index is 0.00549. The molecule has 7 aliphatic carbocycles. The van der Waals surface area contributed by atoms with Gasteiger partial charge in [0.2, 0.25) is 0 Å². The summed E-state index contributed by atoms with van der Waals surface area (Å²) in [6.07, 6.45) is 43.2. The second-order valence-corrected chi connectivity index (χ2v) is 52.0. The molecule has 0 aromatic carbocycles. The van der Waals surface area contributed by atoms with E-state index in [-0.39, 0.29) is 33.7 Å². The molecular formula is C116H217N5O14. The highest BCUT2D eigenvalue weighted by molar-refractivity contribution is 5.07. The van der Waals surface area contributed by atoms with Crippen molar-refractivity contribution in [3.63, 3.8) is 0 Å². The van der Waals surface area contributed by atoms with Gasteiger partial charge in [-0.3, -0.25) is 19.6 Å². The summed E-state index contributed by atoms with van der Waals surface area (Å²) in [5, 5.41) is 0. The Hall–Kier alpha value is -0.760. The van der Waals surface area contributed by atoms with Gasteiger partial charge in [0.25, 0.3) is 0 Å². The first kappa shape index (κ1) is 115. The number of ether oxygens (including phenoxy) is 14. The Morgan fingerprint density at radius 2 is 0.563 bits per heavy atom. The van der Waals surface area contributed by atoms with Crippen LogP contribution in [-0.4, -0.2) is 289 Å². The molecule has 15 aliphatic heterocycles. The Morgan fingerprint density at radius 1 is 0.252 bits per heavy atom. The van der Waals surface area contributed by atoms with Crippen molar-refractivity contribution in [2.75, 3.05) is 184 Å². The van der Waals surface area contributed by atoms with E-state index in [2.05, 4.69) is 191 Å². The lowest BCUT2D eigenvalue weighted by Crippen LogP contribution is -2.69. The third kappa shape index (κ3) is 33.1. The van der Waals surface area contributed by atoms with Crippen molar-refractivity contribution < 1.29 is 66.3 Å². The fraction of sp³-hybridized carbons (Fsp3) is 1.00. The Bertz CT molecular complexity index is 2920. The van der Waals surface area contributed by atoms with Crippen LogP contribution in [0.1, 0.15) is 392 Å². The van der Waals surface area contributed by atoms with Crippen LogP contribution < -0.4 is 0 Å². The summed E-state index contributed by atoms with van der Waals surface area (Å²) >= 11 is 0. The molecule has 0 amide bonds. The topological polar surface area (TPSA) is 145 Å². The lowest BCUT2D eigenvalue weighted by molar-refractivity contribution is -0.227. The Kier molecular flexibility index (Phi) is 43.9. The zero-order valence-electron chi connectivity index (χ0n) is 92.9. The molecular weight excluding hydrogens is 1690 g/mol. The van der Waals surface area contributed by atoms with Gasteiger partial charge < -0.3 is 71.2 Å². The van der Waals surface area contributed by atoms with Gasteiger partial charge in [0.15, 0.2) is 5.79 Å². The second-order valence-electron chi connectivity index (χ2n) is 52.0. The molecule has 15 heterocycles. The number of likely N-dealkylation sites (tertiary alicyclic amines) is 2. The van der Waals surface area contributed by atoms with Crippen LogP contribution in [0.25, 0.3) is 0 Å². The smallest absolute Gasteiger partial charge is 0.168 e. The first-order valence-electron chi connectivity index (χ1n) is 57.5. The zero-order valence-corrected chi connectivity index (χ0v) is 92.9. The van der Waals surface area contributed by atoms with Gasteiger partial charge in [0, 0.05) is 179 Å². The SMILES string of the molecule is CC.CC(C)(C)C1C2COCC21.CC(C)(C)N1CCOC2(CCOC2)C1.CC(C)(C)N1CCO[C@]2(CCOC2)C1.CC(C)C1CCC2(CC1)OCCO2.CC(C)C1CCC2(CCCO2)CC1.CC(C)C1CCC2(CCCO2)CC1.CC(C)C1CCC2(CCCO2)CC1.CC(C)N1CC2(CCO2)C1.CC(C)N1CCC2(CCCO2)CC1.CC(C)N1CCO[C@@]2(CCOC2)C1.CC1[C@H]2CCC[C@@H]12. The first-order chi connectivity index (χ1) is 64.1. The van der Waals surface area contributed by atoms with E-state index >= 15 is 0 Å². The summed E-state index contributed by atoms with van der Waals surface area (Å²) < 4.78 is 79.7. The van der Waals surface area contributed by atoms with Crippen LogP contribution in [0.2, 0.25) is 0 Å². The molecule has 790 valence electrons. The van der Waals surface area contributed by atoms with E-state index in [9.17, 15) is 0 Å². The quantitative estimate of drug-likeness (QED) is 0.238. The van der Waals surface area contributed by atoms with Crippen molar-refractivity contribution in [3.05, 3.63) is 0 Å². The maximum Gasteiger partial charge on any atom is 0.168 e. The van der Waals surface area contributed by atoms with Gasteiger partial charge in [-0.1, -0.05) is 103 Å². The average molecular weight is 1910 g/mol. The largest absolute Gasteiger partial charge is 0.381 e. The van der Waals surface area contributed by atoms with Gasteiger partial charge in [0.05, 0.1) is 101 Å². The molecule has 8 atom stereocenters. The fourth-order valence-corrected chi connectivity index (χ4v) is 27.1. The van der Waals surface area contributed by atoms with Crippen molar-refractivity contribution in [1.82, 2.24) is 24.5 Å². The molecule has 135 heavy (non-hydrogen) atoms. The summed E-state index contributed by atoms with van der Waals surface area (Å²) in [6.45, 7) is 86.6. The van der Waals surface area contributed by atoms with E-state index in [4.69, 9.17) is 66.3 Å². The maximum atomic E-state index is 5.91. The number of nitrogens with zero attached hydrogens (tertiary/aromatic N) is 5. The van der Waals surface area contributed by atoms with Crippen LogP contribution in [0.5, 0.6) is 0 Å². The van der Waals surface area contributed by atoms with E-state index in [0.717, 1.165) is 261 Å². The van der Waals surface area contributed by atoms with Crippen molar-refractivity contribution >= 4 is 0 Å². The third-order valence-corrected chi connectivity index (χ3v) is 37.5. The number of hydrogen-bond acceptors (Lipinski definition) is 19. The van der Waals surface area contributed by atoms with Crippen LogP contribution in [-0.2, 0) is 66.3 Å². The maximum absolute atomic E-state index is 5.91. The molecule has 7 saturated carbocycles. The lowest BCUT2D eigenvalue weighted by atomic mass is 9.74. The van der Waals surface area contributed by atoms with Crippen molar-refractivity contribution in [3.8, 4) is 0 Å². The molecule has 19 nitrogen and oxygen atoms in total. The Labute approximate surface area is 830 Å². The minimum atomic E-state index is -0.161. The van der Waals surface area contributed by atoms with Gasteiger partial charge in [-0.05, 0) is 338 Å². The zero-order chi connectivity index (χ0) is 97.7. The highest BCUT2D eigenvalue weighted by atomic mass is 16.7. The number of morpholine rings is 3. The van der Waals surface area contributed by atoms with E-state index < -0.39 is 0 Å². The number of hydrogen-bond donors (Lipinski definition) is 0. The molecule has 0 bridgehead atoms. The van der Waals surface area contributed by atoms with E-state index in [1.165, 1.54) is 205 Å². The second kappa shape index (κ2) is 51.7. The van der Waals surface area contributed by atoms with Gasteiger partial charge >= 0.3 is 0 Å². The van der Waals surface area contributed by atoms with E-state index in [1.807, 2.05) is 13.8 Å². The van der Waals surface area contributed by atoms with Gasteiger partial charge in [-0.15, -0.1) is 0 Å². The number of rotatable bonds is 7. The molecule has 0 aromatic rings. The molecule has 22 fully saturated rings. The van der Waals surface area contributed by atoms with Crippen LogP contribution in [0, 0.1) is 88.3 Å². The van der Waals surface area contributed by atoms with Crippen LogP contribution in [0.15, 0.2) is 0 Å². The molecule has 19 heteroatoms. The Balaban J connectivity index is 0.000000143. The normalized spacial score (nSPS) is 34.5. The first-order valence-corrected chi connectivity index (χ1v) is 57.5. The molecule has 15 saturated heterocycles. The molecule has 4 unspecified atom stereocenters. The van der Waals surface area contributed by atoms with Crippen molar-refractivity contribution in [1.29, 1.82) is 0 Å². The number of fused-ring (bicyclic) bond motifs is 2. The third-order valence-electron chi connectivity index (χ3n) is 37.5. The van der Waals surface area contributed by atoms with Crippen LogP contribution in [0.4, 0.5) is 0 Å².